The number of alkyl halides is 3. The molecule has 6 aromatic rings. The lowest BCUT2D eigenvalue weighted by atomic mass is 9.90. The number of aliphatic carboxylic acids is 2. The summed E-state index contributed by atoms with van der Waals surface area (Å²) in [6.07, 6.45) is -4.00. The van der Waals surface area contributed by atoms with Gasteiger partial charge < -0.3 is 115 Å². The summed E-state index contributed by atoms with van der Waals surface area (Å²) in [4.78, 5) is 132. The van der Waals surface area contributed by atoms with Crippen LogP contribution in [0.1, 0.15) is 140 Å². The van der Waals surface area contributed by atoms with Crippen LogP contribution in [0, 0.1) is 31.1 Å². The van der Waals surface area contributed by atoms with Crippen LogP contribution in [-0.2, 0) is 102 Å². The van der Waals surface area contributed by atoms with Crippen molar-refractivity contribution in [3.63, 3.8) is 0 Å². The van der Waals surface area contributed by atoms with E-state index in [1.165, 1.54) is 22.6 Å². The molecule has 7 rings (SSSR count). The largest absolute Gasteiger partial charge is 0.542 e. The van der Waals surface area contributed by atoms with Crippen molar-refractivity contribution in [3.05, 3.63) is 153 Å². The standard InChI is InChI=1S/C86H119ClN14O18.C2HF3O2/c1-56(2)78(96-76(103)31-35-113-37-39-115-41-43-117-45-46-118-44-42-116-40-38-114-36-33-91-79(106)73(29-30-77(104)105)95-85(112)119-86(5,6)7)81(108)94-72(20-15-32-92-84(89)111)80(107)93-64-23-21-61(62(47-64)53-90-8)55-101(11,12)34-16-19-66-48-59-17-13-14-18-60(59)54-99(66)82(109)69-28-22-63(87)49-71(69)75-51-70(57(3)98(75)10)83(110)100(65-24-26-68(102)27-25-65)74-50-67(52-88)97(9)58(74)4;3-2(4,5)1(6)7/h13-14,17-18,21-28,47,49-51,56,66,72-73,78,90H,15-16,19-20,29-46,48,53-55H2,1-12H3,(H9-,89,91,92,93,94,95,96,102,103,104,105,106,107,108,111,112);(H,6,7)/t66-,72+,73+,78+;/m1./s1. The third kappa shape index (κ3) is 33.9. The molecule has 126 heavy (non-hydrogen) atoms. The average Bonchev–Trinajstić information content (AvgIpc) is 1.57. The normalized spacial score (nSPS) is 13.4. The van der Waals surface area contributed by atoms with Gasteiger partial charge in [0.05, 0.1) is 111 Å². The average molecular weight is 1790 g/mol. The second-order valence-electron chi connectivity index (χ2n) is 32.0. The maximum atomic E-state index is 15.5. The molecule has 9 amide bonds. The van der Waals surface area contributed by atoms with E-state index in [0.717, 1.165) is 29.7 Å². The number of hydrogen-bond donors (Lipinski definition) is 10. The highest BCUT2D eigenvalue weighted by molar-refractivity contribution is 6.31. The first-order chi connectivity index (χ1) is 59.6. The van der Waals surface area contributed by atoms with Crippen LogP contribution < -0.4 is 53.0 Å². The molecule has 1 aliphatic heterocycles. The van der Waals surface area contributed by atoms with E-state index < -0.39 is 77.6 Å². The molecular weight excluding hydrogens is 1670 g/mol. The predicted molar refractivity (Wildman–Crippen MR) is 461 cm³/mol. The Bertz CT molecular complexity index is 4680. The Labute approximate surface area is 737 Å². The molecule has 0 saturated carbocycles. The number of carbonyl (C=O) groups excluding carboxylic acids is 9. The molecule has 0 radical (unpaired) electrons. The number of benzene rings is 4. The summed E-state index contributed by atoms with van der Waals surface area (Å²) in [5.74, 6) is -7.08. The number of rotatable bonds is 49. The summed E-state index contributed by atoms with van der Waals surface area (Å²) >= 11 is 6.81. The highest BCUT2D eigenvalue weighted by Gasteiger charge is 2.36. The van der Waals surface area contributed by atoms with Crippen LogP contribution in [0.2, 0.25) is 5.02 Å². The first-order valence-corrected chi connectivity index (χ1v) is 41.8. The maximum Gasteiger partial charge on any atom is 0.430 e. The number of nitrogens with zero attached hydrogens (tertiary/aromatic N) is 6. The quantitative estimate of drug-likeness (QED) is 0.0128. The number of nitrogens with two attached hydrogens (primary N) is 1. The van der Waals surface area contributed by atoms with Gasteiger partial charge in [-0.1, -0.05) is 55.8 Å². The molecule has 11 N–H and O–H groups in total. The molecule has 3 heterocycles. The lowest BCUT2D eigenvalue weighted by molar-refractivity contribution is -0.903. The fourth-order valence-corrected chi connectivity index (χ4v) is 13.9. The molecule has 0 unspecified atom stereocenters. The number of urea groups is 1. The maximum absolute atomic E-state index is 15.5. The molecule has 0 fully saturated rings. The van der Waals surface area contributed by atoms with Crippen molar-refractivity contribution in [1.29, 1.82) is 5.26 Å². The molecule has 0 saturated heterocycles. The lowest BCUT2D eigenvalue weighted by Crippen LogP contribution is -2.54. The van der Waals surface area contributed by atoms with Crippen molar-refractivity contribution < 1.29 is 114 Å². The van der Waals surface area contributed by atoms with E-state index >= 15 is 9.59 Å². The Kier molecular flexibility index (Phi) is 41.8. The molecular formula is C88H120ClF3N14O20. The van der Waals surface area contributed by atoms with Gasteiger partial charge in [0.1, 0.15) is 53.8 Å². The number of fused-ring (bicyclic) bond motifs is 1. The van der Waals surface area contributed by atoms with Crippen LogP contribution in [0.15, 0.2) is 97.1 Å². The molecule has 2 aromatic heterocycles. The molecule has 4 aromatic carbocycles. The van der Waals surface area contributed by atoms with Crippen LogP contribution in [0.3, 0.4) is 0 Å². The van der Waals surface area contributed by atoms with Gasteiger partial charge >= 0.3 is 24.3 Å². The van der Waals surface area contributed by atoms with Crippen molar-refractivity contribution in [1.82, 2.24) is 45.9 Å². The van der Waals surface area contributed by atoms with E-state index in [-0.39, 0.29) is 114 Å². The van der Waals surface area contributed by atoms with Gasteiger partial charge in [0, 0.05) is 109 Å². The van der Waals surface area contributed by atoms with E-state index in [9.17, 15) is 57.1 Å². The fraction of sp³-hybridized carbons (Fsp3) is 0.511. The zero-order valence-electron chi connectivity index (χ0n) is 73.5. The number of nitriles is 1. The molecule has 690 valence electrons. The van der Waals surface area contributed by atoms with Crippen LogP contribution in [-0.4, -0.2) is 244 Å². The van der Waals surface area contributed by atoms with Gasteiger partial charge in [0.2, 0.25) is 23.6 Å². The van der Waals surface area contributed by atoms with E-state index in [1.807, 2.05) is 67.7 Å². The number of carboxylic acid groups (broad SMARTS) is 2. The summed E-state index contributed by atoms with van der Waals surface area (Å²) in [6.45, 7) is 17.9. The van der Waals surface area contributed by atoms with E-state index in [1.54, 1.807) is 88.7 Å². The van der Waals surface area contributed by atoms with Crippen LogP contribution in [0.5, 0.6) is 5.75 Å². The zero-order chi connectivity index (χ0) is 93.0. The Morgan fingerprint density at radius 3 is 1.85 bits per heavy atom. The number of carboxylic acids is 2. The first kappa shape index (κ1) is 104. The summed E-state index contributed by atoms with van der Waals surface area (Å²) < 4.78 is 74.3. The Morgan fingerprint density at radius 2 is 1.29 bits per heavy atom. The summed E-state index contributed by atoms with van der Waals surface area (Å²) in [7, 11) is 9.79. The SMILES string of the molecule is CNCc1cc(NC(=O)[C@H](CCCNC(N)=O)NC(=O)[C@@H](NC(=O)CCOCCOCCOCCOCCOCCOCCNC(=O)[C@H](CCC(=O)O)NC(=O)OC(C)(C)C)C(C)C)ccc1C[N+](C)(C)CCC[C@@H]1Cc2ccccc2CN1C(=O)c1ccc(Cl)cc1-c1cc(C(=O)N(c2ccc(O)cc2)c2cc(C#N)n(C)c2C)c(C)n1C.O=C([O-])C(F)(F)F. The van der Waals surface area contributed by atoms with Gasteiger partial charge in [-0.05, 0) is 170 Å². The van der Waals surface area contributed by atoms with Crippen molar-refractivity contribution in [3.8, 4) is 23.1 Å². The molecule has 0 bridgehead atoms. The zero-order valence-corrected chi connectivity index (χ0v) is 74.3. The van der Waals surface area contributed by atoms with Crippen LogP contribution in [0.4, 0.5) is 39.8 Å². The third-order valence-corrected chi connectivity index (χ3v) is 20.7. The van der Waals surface area contributed by atoms with E-state index in [2.05, 4.69) is 69.5 Å². The minimum absolute atomic E-state index is 0.0266. The molecule has 0 aliphatic carbocycles. The Balaban J connectivity index is 0.00000335. The molecule has 38 heteroatoms. The monoisotopic (exact) mass is 1780 g/mol. The molecule has 0 spiro atoms. The smallest absolute Gasteiger partial charge is 0.430 e. The number of ether oxygens (including phenoxy) is 7. The molecule has 1 aliphatic rings. The third-order valence-electron chi connectivity index (χ3n) is 20.4. The number of phenolic OH excluding ortho intramolecular Hbond substituents is 1. The van der Waals surface area contributed by atoms with Crippen molar-refractivity contribution in [2.75, 3.05) is 130 Å². The molecule has 4 atom stereocenters. The number of hydrogen-bond acceptors (Lipinski definition) is 21. The fourth-order valence-electron chi connectivity index (χ4n) is 13.7. The number of aromatic hydroxyl groups is 1. The minimum atomic E-state index is -5.19. The van der Waals surface area contributed by atoms with Gasteiger partial charge in [0.15, 0.2) is 0 Å². The molecule has 34 nitrogen and oxygen atoms in total. The number of quaternary nitrogens is 1. The van der Waals surface area contributed by atoms with E-state index in [4.69, 9.17) is 65.5 Å². The number of nitrogens with one attached hydrogen (secondary N) is 7. The number of halogens is 4. The number of carbonyl (C=O) groups is 10. The topological polar surface area (TPSA) is 449 Å². The van der Waals surface area contributed by atoms with Crippen LogP contribution in [0.25, 0.3) is 11.3 Å². The van der Waals surface area contributed by atoms with Gasteiger partial charge in [-0.3, -0.25) is 38.5 Å². The predicted octanol–water partition coefficient (Wildman–Crippen LogP) is 7.88. The number of alkyl carbamates (subject to hydrolysis) is 1. The number of anilines is 3. The highest BCUT2D eigenvalue weighted by Crippen LogP contribution is 2.39. The summed E-state index contributed by atoms with van der Waals surface area (Å²) in [5.41, 5.74) is 13.9. The van der Waals surface area contributed by atoms with Crippen molar-refractivity contribution in [2.45, 2.75) is 155 Å². The second kappa shape index (κ2) is 50.8. The van der Waals surface area contributed by atoms with E-state index in [0.29, 0.717) is 138 Å². The second-order valence-corrected chi connectivity index (χ2v) is 32.5. The van der Waals surface area contributed by atoms with Gasteiger partial charge in [-0.25, -0.2) is 9.59 Å². The minimum Gasteiger partial charge on any atom is -0.542 e. The van der Waals surface area contributed by atoms with Gasteiger partial charge in [0.25, 0.3) is 11.8 Å². The van der Waals surface area contributed by atoms with Crippen molar-refractivity contribution in [2.24, 2.45) is 25.7 Å². The number of amides is 9. The number of phenols is 1. The van der Waals surface area contributed by atoms with Crippen LogP contribution >= 0.6 is 11.6 Å². The van der Waals surface area contributed by atoms with Gasteiger partial charge in [-0.15, -0.1) is 0 Å². The summed E-state index contributed by atoms with van der Waals surface area (Å²) in [6, 6.07) is 27.0. The van der Waals surface area contributed by atoms with Crippen molar-refractivity contribution >= 4 is 88.2 Å². The Morgan fingerprint density at radius 1 is 0.690 bits per heavy atom. The number of primary amides is 1. The van der Waals surface area contributed by atoms with Gasteiger partial charge in [-0.2, -0.15) is 18.4 Å². The highest BCUT2D eigenvalue weighted by atomic mass is 35.5. The first-order valence-electron chi connectivity index (χ1n) is 41.4. The summed E-state index contributed by atoms with van der Waals surface area (Å²) in [5, 5.41) is 58.0. The Hall–Kier alpha value is -11.2. The number of aromatic nitrogens is 2. The lowest BCUT2D eigenvalue weighted by Gasteiger charge is -2.38.